The number of amides is 1. The first-order valence-electron chi connectivity index (χ1n) is 6.02. The zero-order chi connectivity index (χ0) is 13.1. The SMILES string of the molecule is CCCNC(=O)O[Si](OCC)(OCC)OCC. The summed E-state index contributed by atoms with van der Waals surface area (Å²) in [6.07, 6.45) is 0.274. The van der Waals surface area contributed by atoms with Gasteiger partial charge in [-0.15, -0.1) is 0 Å². The highest BCUT2D eigenvalue weighted by atomic mass is 28.4. The molecule has 0 aromatic heterocycles. The van der Waals surface area contributed by atoms with E-state index in [-0.39, 0.29) is 0 Å². The number of carbonyl (C=O) groups is 1. The third kappa shape index (κ3) is 6.62. The van der Waals surface area contributed by atoms with Crippen LogP contribution in [0.4, 0.5) is 4.79 Å². The summed E-state index contributed by atoms with van der Waals surface area (Å²) in [6.45, 7) is 9.01. The fourth-order valence-corrected chi connectivity index (χ4v) is 2.91. The third-order valence-electron chi connectivity index (χ3n) is 1.70. The molecule has 0 saturated heterocycles. The highest BCUT2D eigenvalue weighted by Gasteiger charge is 2.49. The lowest BCUT2D eigenvalue weighted by atomic mass is 10.5. The fourth-order valence-electron chi connectivity index (χ4n) is 1.12. The largest absolute Gasteiger partial charge is 0.752 e. The van der Waals surface area contributed by atoms with Crippen LogP contribution < -0.4 is 5.32 Å². The number of carbonyl (C=O) groups excluding carboxylic acids is 1. The molecule has 0 aliphatic rings. The second kappa shape index (κ2) is 9.40. The minimum atomic E-state index is -3.32. The molecular formula is C10H23NO5Si. The predicted octanol–water partition coefficient (Wildman–Crippen LogP) is 1.67. The van der Waals surface area contributed by atoms with E-state index in [9.17, 15) is 4.79 Å². The molecule has 1 N–H and O–H groups in total. The number of nitrogens with one attached hydrogen (secondary N) is 1. The molecule has 6 nitrogen and oxygen atoms in total. The van der Waals surface area contributed by atoms with E-state index in [0.29, 0.717) is 26.4 Å². The van der Waals surface area contributed by atoms with Crippen LogP contribution in [0.25, 0.3) is 0 Å². The van der Waals surface area contributed by atoms with Gasteiger partial charge in [-0.2, -0.15) is 0 Å². The van der Waals surface area contributed by atoms with Gasteiger partial charge >= 0.3 is 15.1 Å². The van der Waals surface area contributed by atoms with Gasteiger partial charge in [-0.05, 0) is 27.2 Å². The first kappa shape index (κ1) is 16.4. The molecule has 1 amide bonds. The van der Waals surface area contributed by atoms with Crippen molar-refractivity contribution in [1.82, 2.24) is 5.32 Å². The third-order valence-corrected chi connectivity index (χ3v) is 4.06. The van der Waals surface area contributed by atoms with Crippen LogP contribution in [0.15, 0.2) is 0 Å². The molecule has 0 bridgehead atoms. The van der Waals surface area contributed by atoms with E-state index < -0.39 is 15.1 Å². The maximum Gasteiger partial charge on any atom is 0.752 e. The molecule has 0 aliphatic heterocycles. The molecular weight excluding hydrogens is 242 g/mol. The summed E-state index contributed by atoms with van der Waals surface area (Å²) in [4.78, 5) is 11.5. The quantitative estimate of drug-likeness (QED) is 0.642. The molecule has 17 heavy (non-hydrogen) atoms. The number of hydrogen-bond donors (Lipinski definition) is 1. The first-order chi connectivity index (χ1) is 8.14. The summed E-state index contributed by atoms with van der Waals surface area (Å²) >= 11 is 0. The summed E-state index contributed by atoms with van der Waals surface area (Å²) in [6, 6.07) is 0. The van der Waals surface area contributed by atoms with E-state index in [2.05, 4.69) is 5.32 Å². The molecule has 0 unspecified atom stereocenters. The zero-order valence-corrected chi connectivity index (χ0v) is 12.1. The molecule has 0 radical (unpaired) electrons. The lowest BCUT2D eigenvalue weighted by Crippen LogP contribution is -2.52. The Labute approximate surface area is 104 Å². The van der Waals surface area contributed by atoms with Crippen molar-refractivity contribution in [2.75, 3.05) is 26.4 Å². The van der Waals surface area contributed by atoms with E-state index in [4.69, 9.17) is 17.7 Å². The van der Waals surface area contributed by atoms with Gasteiger partial charge in [-0.1, -0.05) is 6.92 Å². The van der Waals surface area contributed by atoms with Crippen molar-refractivity contribution < 1.29 is 22.5 Å². The van der Waals surface area contributed by atoms with Crippen molar-refractivity contribution in [1.29, 1.82) is 0 Å². The van der Waals surface area contributed by atoms with Gasteiger partial charge in [0.1, 0.15) is 0 Å². The standard InChI is InChI=1S/C10H23NO5Si/c1-5-9-11-10(12)16-17(13-6-2,14-7-3)15-8-4/h5-9H2,1-4H3,(H,11,12). The van der Waals surface area contributed by atoms with Gasteiger partial charge in [0.2, 0.25) is 0 Å². The molecule has 0 aliphatic carbocycles. The van der Waals surface area contributed by atoms with Crippen molar-refractivity contribution in [3.63, 3.8) is 0 Å². The Balaban J connectivity index is 4.46. The van der Waals surface area contributed by atoms with E-state index in [1.54, 1.807) is 20.8 Å². The second-order valence-corrected chi connectivity index (χ2v) is 5.19. The van der Waals surface area contributed by atoms with Crippen LogP contribution in [-0.4, -0.2) is 41.5 Å². The molecule has 0 heterocycles. The first-order valence-corrected chi connectivity index (χ1v) is 7.66. The molecule has 0 saturated carbocycles. The second-order valence-electron chi connectivity index (χ2n) is 3.12. The summed E-state index contributed by atoms with van der Waals surface area (Å²) in [5.74, 6) is 0. The number of hydrogen-bond acceptors (Lipinski definition) is 5. The Bertz CT molecular complexity index is 198. The van der Waals surface area contributed by atoms with Gasteiger partial charge < -0.3 is 23.0 Å². The molecule has 0 atom stereocenters. The summed E-state index contributed by atoms with van der Waals surface area (Å²) in [5.41, 5.74) is 0. The lowest BCUT2D eigenvalue weighted by Gasteiger charge is -2.25. The van der Waals surface area contributed by atoms with Crippen LogP contribution in [0.3, 0.4) is 0 Å². The molecule has 0 spiro atoms. The lowest BCUT2D eigenvalue weighted by molar-refractivity contribution is -0.00591. The van der Waals surface area contributed by atoms with Gasteiger partial charge in [-0.3, -0.25) is 0 Å². The molecule has 0 aromatic rings. The topological polar surface area (TPSA) is 66.0 Å². The minimum absolute atomic E-state index is 0.368. The van der Waals surface area contributed by atoms with Crippen molar-refractivity contribution in [3.05, 3.63) is 0 Å². The minimum Gasteiger partial charge on any atom is -0.435 e. The zero-order valence-electron chi connectivity index (χ0n) is 11.1. The highest BCUT2D eigenvalue weighted by Crippen LogP contribution is 2.12. The van der Waals surface area contributed by atoms with Crippen LogP contribution in [0.2, 0.25) is 0 Å². The van der Waals surface area contributed by atoms with Crippen molar-refractivity contribution in [2.45, 2.75) is 34.1 Å². The Hall–Kier alpha value is -0.633. The van der Waals surface area contributed by atoms with Gasteiger partial charge in [-0.25, -0.2) is 4.79 Å². The van der Waals surface area contributed by atoms with Gasteiger partial charge in [0.15, 0.2) is 0 Å². The van der Waals surface area contributed by atoms with E-state index >= 15 is 0 Å². The van der Waals surface area contributed by atoms with Gasteiger partial charge in [0.05, 0.1) is 0 Å². The summed E-state index contributed by atoms with van der Waals surface area (Å²) in [7, 11) is -3.32. The normalized spacial score (nSPS) is 11.3. The summed E-state index contributed by atoms with van der Waals surface area (Å²) < 4.78 is 21.3. The Morgan fingerprint density at radius 2 is 1.47 bits per heavy atom. The highest BCUT2D eigenvalue weighted by molar-refractivity contribution is 6.55. The average Bonchev–Trinajstić information content (AvgIpc) is 2.27. The smallest absolute Gasteiger partial charge is 0.435 e. The molecule has 0 aromatic carbocycles. The van der Waals surface area contributed by atoms with Crippen molar-refractivity contribution in [2.24, 2.45) is 0 Å². The van der Waals surface area contributed by atoms with E-state index in [1.165, 1.54) is 0 Å². The maximum absolute atomic E-state index is 11.5. The van der Waals surface area contributed by atoms with Gasteiger partial charge in [0, 0.05) is 26.4 Å². The Morgan fingerprint density at radius 3 is 1.82 bits per heavy atom. The van der Waals surface area contributed by atoms with Crippen LogP contribution in [-0.2, 0) is 17.7 Å². The average molecular weight is 265 g/mol. The maximum atomic E-state index is 11.5. The number of rotatable bonds is 9. The Kier molecular flexibility index (Phi) is 9.05. The van der Waals surface area contributed by atoms with Crippen LogP contribution in [0.1, 0.15) is 34.1 Å². The molecule has 0 rings (SSSR count). The molecule has 102 valence electrons. The monoisotopic (exact) mass is 265 g/mol. The van der Waals surface area contributed by atoms with Crippen LogP contribution in [0.5, 0.6) is 0 Å². The molecule has 7 heteroatoms. The van der Waals surface area contributed by atoms with Crippen molar-refractivity contribution in [3.8, 4) is 0 Å². The summed E-state index contributed by atoms with van der Waals surface area (Å²) in [5, 5.41) is 2.60. The Morgan fingerprint density at radius 1 is 1.00 bits per heavy atom. The van der Waals surface area contributed by atoms with Crippen molar-refractivity contribution >= 4 is 15.1 Å². The van der Waals surface area contributed by atoms with Gasteiger partial charge in [0.25, 0.3) is 0 Å². The molecule has 0 fully saturated rings. The van der Waals surface area contributed by atoms with E-state index in [0.717, 1.165) is 6.42 Å². The van der Waals surface area contributed by atoms with Crippen LogP contribution >= 0.6 is 0 Å². The van der Waals surface area contributed by atoms with E-state index in [1.807, 2.05) is 6.92 Å². The predicted molar refractivity (Wildman–Crippen MR) is 65.4 cm³/mol. The van der Waals surface area contributed by atoms with Crippen LogP contribution in [0, 0.1) is 0 Å². The fraction of sp³-hybridized carbons (Fsp3) is 0.900.